The van der Waals surface area contributed by atoms with Crippen molar-refractivity contribution in [1.82, 2.24) is 9.78 Å². The van der Waals surface area contributed by atoms with Gasteiger partial charge in [0.1, 0.15) is 5.78 Å². The second-order valence-electron chi connectivity index (χ2n) is 3.85. The first-order chi connectivity index (χ1) is 7.17. The van der Waals surface area contributed by atoms with E-state index in [1.807, 2.05) is 19.3 Å². The Balaban J connectivity index is 2.53. The maximum absolute atomic E-state index is 11.8. The molecule has 0 bridgehead atoms. The van der Waals surface area contributed by atoms with E-state index in [0.29, 0.717) is 13.0 Å². The Labute approximate surface area is 90.5 Å². The van der Waals surface area contributed by atoms with Gasteiger partial charge in [-0.25, -0.2) is 0 Å². The van der Waals surface area contributed by atoms with Crippen LogP contribution >= 0.6 is 0 Å². The third-order valence-electron chi connectivity index (χ3n) is 2.50. The Morgan fingerprint density at radius 1 is 1.67 bits per heavy atom. The fourth-order valence-corrected chi connectivity index (χ4v) is 1.64. The molecule has 0 radical (unpaired) electrons. The molecule has 1 aromatic heterocycles. The molecule has 1 unspecified atom stereocenters. The van der Waals surface area contributed by atoms with E-state index in [2.05, 4.69) is 12.0 Å². The molecule has 1 heterocycles. The van der Waals surface area contributed by atoms with Crippen molar-refractivity contribution in [2.75, 3.05) is 6.54 Å². The maximum Gasteiger partial charge on any atom is 0.143 e. The summed E-state index contributed by atoms with van der Waals surface area (Å²) in [6.07, 6.45) is 4.13. The second kappa shape index (κ2) is 5.66. The second-order valence-corrected chi connectivity index (χ2v) is 3.85. The summed E-state index contributed by atoms with van der Waals surface area (Å²) in [5.41, 5.74) is 6.40. The average Bonchev–Trinajstić information content (AvgIpc) is 2.60. The van der Waals surface area contributed by atoms with E-state index in [4.69, 9.17) is 5.73 Å². The van der Waals surface area contributed by atoms with E-state index in [-0.39, 0.29) is 11.7 Å². The summed E-state index contributed by atoms with van der Waals surface area (Å²) in [4.78, 5) is 11.8. The van der Waals surface area contributed by atoms with Crippen LogP contribution < -0.4 is 5.73 Å². The molecule has 0 aliphatic rings. The minimum atomic E-state index is -0.00277. The number of hydrogen-bond donors (Lipinski definition) is 1. The number of hydrogen-bond acceptors (Lipinski definition) is 3. The standard InChI is InChI=1S/C11H19N3O/c1-3-4-9(8-12)11(15)7-10-5-6-14(2)13-10/h5-6,9H,3-4,7-8,12H2,1-2H3. The SMILES string of the molecule is CCCC(CN)C(=O)Cc1ccn(C)n1. The molecule has 0 amide bonds. The minimum absolute atomic E-state index is 0.00277. The van der Waals surface area contributed by atoms with Gasteiger partial charge in [-0.05, 0) is 12.5 Å². The van der Waals surface area contributed by atoms with E-state index >= 15 is 0 Å². The summed E-state index contributed by atoms with van der Waals surface area (Å²) in [6, 6.07) is 1.87. The van der Waals surface area contributed by atoms with Crippen molar-refractivity contribution in [3.63, 3.8) is 0 Å². The van der Waals surface area contributed by atoms with Crippen LogP contribution in [0.15, 0.2) is 12.3 Å². The zero-order valence-corrected chi connectivity index (χ0v) is 9.44. The fourth-order valence-electron chi connectivity index (χ4n) is 1.64. The van der Waals surface area contributed by atoms with Crippen molar-refractivity contribution in [1.29, 1.82) is 0 Å². The first-order valence-electron chi connectivity index (χ1n) is 5.38. The first-order valence-corrected chi connectivity index (χ1v) is 5.38. The lowest BCUT2D eigenvalue weighted by molar-refractivity contribution is -0.122. The van der Waals surface area contributed by atoms with Gasteiger partial charge in [0, 0.05) is 25.7 Å². The van der Waals surface area contributed by atoms with E-state index in [9.17, 15) is 4.79 Å². The topological polar surface area (TPSA) is 60.9 Å². The zero-order valence-electron chi connectivity index (χ0n) is 9.44. The predicted molar refractivity (Wildman–Crippen MR) is 59.4 cm³/mol. The summed E-state index contributed by atoms with van der Waals surface area (Å²) in [7, 11) is 1.85. The summed E-state index contributed by atoms with van der Waals surface area (Å²) < 4.78 is 1.71. The van der Waals surface area contributed by atoms with Gasteiger partial charge in [-0.15, -0.1) is 0 Å². The number of Topliss-reactive ketones (excluding diaryl/α,β-unsaturated/α-hetero) is 1. The van der Waals surface area contributed by atoms with Gasteiger partial charge in [0.05, 0.1) is 12.1 Å². The number of ketones is 1. The van der Waals surface area contributed by atoms with Crippen molar-refractivity contribution in [2.24, 2.45) is 18.7 Å². The van der Waals surface area contributed by atoms with Crippen LogP contribution in [0.1, 0.15) is 25.5 Å². The Morgan fingerprint density at radius 3 is 2.87 bits per heavy atom. The van der Waals surface area contributed by atoms with Crippen LogP contribution in [-0.4, -0.2) is 22.1 Å². The molecular weight excluding hydrogens is 190 g/mol. The van der Waals surface area contributed by atoms with Crippen LogP contribution in [0, 0.1) is 5.92 Å². The van der Waals surface area contributed by atoms with Crippen LogP contribution in [0.2, 0.25) is 0 Å². The largest absolute Gasteiger partial charge is 0.330 e. The molecule has 2 N–H and O–H groups in total. The van der Waals surface area contributed by atoms with Gasteiger partial charge in [0.2, 0.25) is 0 Å². The monoisotopic (exact) mass is 209 g/mol. The van der Waals surface area contributed by atoms with Crippen LogP contribution in [0.4, 0.5) is 0 Å². The number of aromatic nitrogens is 2. The van der Waals surface area contributed by atoms with E-state index in [1.54, 1.807) is 4.68 Å². The summed E-state index contributed by atoms with van der Waals surface area (Å²) in [5, 5.41) is 4.18. The lowest BCUT2D eigenvalue weighted by Gasteiger charge is -2.10. The number of nitrogens with two attached hydrogens (primary N) is 1. The van der Waals surface area contributed by atoms with Crippen LogP contribution in [0.5, 0.6) is 0 Å². The van der Waals surface area contributed by atoms with E-state index < -0.39 is 0 Å². The highest BCUT2D eigenvalue weighted by atomic mass is 16.1. The van der Waals surface area contributed by atoms with Crippen molar-refractivity contribution in [3.05, 3.63) is 18.0 Å². The number of aryl methyl sites for hydroxylation is 1. The third kappa shape index (κ3) is 3.47. The van der Waals surface area contributed by atoms with Crippen molar-refractivity contribution < 1.29 is 4.79 Å². The summed E-state index contributed by atoms with van der Waals surface area (Å²) >= 11 is 0. The first kappa shape index (κ1) is 11.9. The van der Waals surface area contributed by atoms with Crippen LogP contribution in [0.25, 0.3) is 0 Å². The molecule has 4 heteroatoms. The highest BCUT2D eigenvalue weighted by Gasteiger charge is 2.16. The molecule has 0 saturated heterocycles. The van der Waals surface area contributed by atoms with E-state index in [0.717, 1.165) is 18.5 Å². The molecule has 4 nitrogen and oxygen atoms in total. The predicted octanol–water partition coefficient (Wildman–Crippen LogP) is 0.907. The molecule has 0 saturated carbocycles. The molecular formula is C11H19N3O. The lowest BCUT2D eigenvalue weighted by Crippen LogP contribution is -2.25. The molecule has 84 valence electrons. The Bertz CT molecular complexity index is 319. The van der Waals surface area contributed by atoms with Crippen LogP contribution in [-0.2, 0) is 18.3 Å². The summed E-state index contributed by atoms with van der Waals surface area (Å²) in [6.45, 7) is 2.51. The number of nitrogens with zero attached hydrogens (tertiary/aromatic N) is 2. The number of carbonyl (C=O) groups is 1. The molecule has 0 aromatic carbocycles. The Kier molecular flexibility index (Phi) is 4.49. The van der Waals surface area contributed by atoms with Gasteiger partial charge >= 0.3 is 0 Å². The maximum atomic E-state index is 11.8. The highest BCUT2D eigenvalue weighted by molar-refractivity contribution is 5.83. The lowest BCUT2D eigenvalue weighted by atomic mass is 9.96. The van der Waals surface area contributed by atoms with Gasteiger partial charge in [-0.3, -0.25) is 9.48 Å². The van der Waals surface area contributed by atoms with Crippen molar-refractivity contribution >= 4 is 5.78 Å². The normalized spacial score (nSPS) is 12.7. The van der Waals surface area contributed by atoms with Crippen LogP contribution in [0.3, 0.4) is 0 Å². The summed E-state index contributed by atoms with van der Waals surface area (Å²) in [5.74, 6) is 0.204. The molecule has 0 aliphatic heterocycles. The zero-order chi connectivity index (χ0) is 11.3. The van der Waals surface area contributed by atoms with Gasteiger partial charge in [-0.2, -0.15) is 5.10 Å². The smallest absolute Gasteiger partial charge is 0.143 e. The molecule has 1 rings (SSSR count). The Morgan fingerprint density at radius 2 is 2.40 bits per heavy atom. The van der Waals surface area contributed by atoms with Gasteiger partial charge in [-0.1, -0.05) is 13.3 Å². The fraction of sp³-hybridized carbons (Fsp3) is 0.636. The average molecular weight is 209 g/mol. The molecule has 0 spiro atoms. The number of carbonyl (C=O) groups excluding carboxylic acids is 1. The van der Waals surface area contributed by atoms with Crippen molar-refractivity contribution in [3.8, 4) is 0 Å². The molecule has 0 aliphatic carbocycles. The van der Waals surface area contributed by atoms with Gasteiger partial charge in [0.15, 0.2) is 0 Å². The molecule has 1 aromatic rings. The Hall–Kier alpha value is -1.16. The quantitative estimate of drug-likeness (QED) is 0.757. The highest BCUT2D eigenvalue weighted by Crippen LogP contribution is 2.09. The van der Waals surface area contributed by atoms with Gasteiger partial charge in [0.25, 0.3) is 0 Å². The van der Waals surface area contributed by atoms with Crippen molar-refractivity contribution in [2.45, 2.75) is 26.2 Å². The molecule has 1 atom stereocenters. The molecule has 0 fully saturated rings. The molecule has 15 heavy (non-hydrogen) atoms. The third-order valence-corrected chi connectivity index (χ3v) is 2.50. The van der Waals surface area contributed by atoms with Gasteiger partial charge < -0.3 is 5.73 Å². The minimum Gasteiger partial charge on any atom is -0.330 e. The van der Waals surface area contributed by atoms with E-state index in [1.165, 1.54) is 0 Å². The number of rotatable bonds is 6.